The second-order valence-corrected chi connectivity index (χ2v) is 16.5. The average molecular weight is 716 g/mol. The van der Waals surface area contributed by atoms with Gasteiger partial charge in [-0.3, -0.25) is 9.59 Å². The molecule has 3 nitrogen and oxygen atoms in total. The van der Waals surface area contributed by atoms with E-state index in [1.807, 2.05) is 78.9 Å². The van der Waals surface area contributed by atoms with Gasteiger partial charge >= 0.3 is 0 Å². The first kappa shape index (κ1) is 35.7. The van der Waals surface area contributed by atoms with Crippen LogP contribution in [0.2, 0.25) is 0 Å². The first-order valence-electron chi connectivity index (χ1n) is 19.0. The van der Waals surface area contributed by atoms with Crippen molar-refractivity contribution in [3.05, 3.63) is 196 Å². The van der Waals surface area contributed by atoms with Crippen molar-refractivity contribution in [3.8, 4) is 44.5 Å². The van der Waals surface area contributed by atoms with Crippen LogP contribution in [-0.2, 0) is 10.8 Å². The van der Waals surface area contributed by atoms with Crippen molar-refractivity contribution in [2.75, 3.05) is 4.90 Å². The van der Waals surface area contributed by atoms with E-state index in [0.29, 0.717) is 27.8 Å². The summed E-state index contributed by atoms with van der Waals surface area (Å²) < 4.78 is 0. The highest BCUT2D eigenvalue weighted by Gasteiger charge is 2.34. The lowest BCUT2D eigenvalue weighted by atomic mass is 9.85. The highest BCUT2D eigenvalue weighted by atomic mass is 16.1. The molecule has 0 atom stereocenters. The van der Waals surface area contributed by atoms with Gasteiger partial charge in [0, 0.05) is 44.9 Å². The normalized spacial score (nSPS) is 12.3. The third-order valence-electron chi connectivity index (χ3n) is 10.8. The average Bonchev–Trinajstić information content (AvgIpc) is 3.39. The fourth-order valence-corrected chi connectivity index (χ4v) is 7.72. The lowest BCUT2D eigenvalue weighted by Crippen LogP contribution is -2.12. The van der Waals surface area contributed by atoms with E-state index in [1.165, 1.54) is 11.1 Å². The maximum absolute atomic E-state index is 15.3. The number of rotatable bonds is 6. The fourth-order valence-electron chi connectivity index (χ4n) is 7.72. The maximum atomic E-state index is 15.3. The van der Waals surface area contributed by atoms with Gasteiger partial charge in [0.05, 0.1) is 0 Å². The SMILES string of the molecule is CC(C)(C)c1ccc(-c2cc(-c3ccc(N(c4ccccc4)c4ccccc4)cc3)c3c(c(-c4ccc(C(C)(C)C)cc4)c2=O)-c2ccccc2C3=O)cc1. The Balaban J connectivity index is 1.41. The van der Waals surface area contributed by atoms with Crippen molar-refractivity contribution in [2.45, 2.75) is 52.4 Å². The number of nitrogens with zero attached hydrogens (tertiary/aromatic N) is 1. The Bertz CT molecular complexity index is 2550. The van der Waals surface area contributed by atoms with Gasteiger partial charge in [-0.05, 0) is 92.2 Å². The lowest BCUT2D eigenvalue weighted by Gasteiger charge is -2.25. The van der Waals surface area contributed by atoms with E-state index in [1.54, 1.807) is 0 Å². The number of fused-ring (bicyclic) bond motifs is 3. The number of hydrogen-bond donors (Lipinski definition) is 0. The molecule has 1 aliphatic rings. The van der Waals surface area contributed by atoms with Crippen LogP contribution in [0.1, 0.15) is 68.6 Å². The third kappa shape index (κ3) is 6.61. The molecule has 3 heteroatoms. The van der Waals surface area contributed by atoms with Gasteiger partial charge in [0.2, 0.25) is 0 Å². The van der Waals surface area contributed by atoms with Crippen LogP contribution in [0.4, 0.5) is 17.1 Å². The summed E-state index contributed by atoms with van der Waals surface area (Å²) in [5.41, 5.74) is 12.2. The van der Waals surface area contributed by atoms with Crippen LogP contribution in [0.15, 0.2) is 169 Å². The molecule has 270 valence electrons. The molecule has 0 unspecified atom stereocenters. The predicted octanol–water partition coefficient (Wildman–Crippen LogP) is 13.3. The molecule has 0 saturated heterocycles. The van der Waals surface area contributed by atoms with E-state index >= 15 is 4.79 Å². The van der Waals surface area contributed by atoms with Crippen molar-refractivity contribution in [3.63, 3.8) is 0 Å². The van der Waals surface area contributed by atoms with Crippen LogP contribution in [-0.4, -0.2) is 5.78 Å². The molecule has 0 spiro atoms. The van der Waals surface area contributed by atoms with Crippen LogP contribution < -0.4 is 10.3 Å². The van der Waals surface area contributed by atoms with Gasteiger partial charge < -0.3 is 4.90 Å². The van der Waals surface area contributed by atoms with Gasteiger partial charge in [-0.25, -0.2) is 0 Å². The quantitative estimate of drug-likeness (QED) is 0.172. The van der Waals surface area contributed by atoms with E-state index in [9.17, 15) is 4.79 Å². The summed E-state index contributed by atoms with van der Waals surface area (Å²) in [7, 11) is 0. The Kier molecular flexibility index (Phi) is 8.97. The molecule has 1 aliphatic carbocycles. The molecule has 0 bridgehead atoms. The highest BCUT2D eigenvalue weighted by Crippen LogP contribution is 2.47. The van der Waals surface area contributed by atoms with E-state index in [-0.39, 0.29) is 22.0 Å². The molecule has 0 saturated carbocycles. The maximum Gasteiger partial charge on any atom is 0.194 e. The molecule has 8 rings (SSSR count). The Morgan fingerprint density at radius 2 is 0.782 bits per heavy atom. The Labute approximate surface area is 324 Å². The molecule has 55 heavy (non-hydrogen) atoms. The number of ketones is 1. The molecule has 0 aliphatic heterocycles. The van der Waals surface area contributed by atoms with E-state index in [2.05, 4.69) is 131 Å². The van der Waals surface area contributed by atoms with Crippen LogP contribution in [0.3, 0.4) is 0 Å². The summed E-state index contributed by atoms with van der Waals surface area (Å²) in [6, 6.07) is 55.3. The van der Waals surface area contributed by atoms with E-state index in [4.69, 9.17) is 0 Å². The zero-order valence-corrected chi connectivity index (χ0v) is 32.4. The molecule has 7 aromatic carbocycles. The number of benzene rings is 6. The zero-order chi connectivity index (χ0) is 38.5. The standard InChI is InChI=1S/C52H45NO2/c1-51(2,3)37-27-21-35(22-28-37)45-33-44(34-25-31-41(32-26-34)53(39-15-9-7-10-16-39)40-17-11-8-12-18-40)48-47(42-19-13-14-20-43(42)49(48)54)46(50(45)55)36-23-29-38(30-24-36)52(4,5)6/h7-33H,1-6H3. The van der Waals surface area contributed by atoms with Gasteiger partial charge in [0.25, 0.3) is 0 Å². The molecule has 0 amide bonds. The highest BCUT2D eigenvalue weighted by molar-refractivity contribution is 6.26. The summed E-state index contributed by atoms with van der Waals surface area (Å²) in [6.07, 6.45) is 0. The first-order chi connectivity index (χ1) is 26.4. The van der Waals surface area contributed by atoms with Crippen LogP contribution in [0, 0.1) is 0 Å². The number of para-hydroxylation sites is 2. The molecule has 0 radical (unpaired) electrons. The summed E-state index contributed by atoms with van der Waals surface area (Å²) in [6.45, 7) is 13.1. The van der Waals surface area contributed by atoms with Crippen molar-refractivity contribution in [2.24, 2.45) is 0 Å². The molecular formula is C52H45NO2. The van der Waals surface area contributed by atoms with Crippen molar-refractivity contribution in [1.82, 2.24) is 0 Å². The minimum atomic E-state index is -0.102. The number of hydrogen-bond acceptors (Lipinski definition) is 3. The van der Waals surface area contributed by atoms with E-state index < -0.39 is 0 Å². The third-order valence-corrected chi connectivity index (χ3v) is 10.8. The van der Waals surface area contributed by atoms with Crippen molar-refractivity contribution < 1.29 is 4.79 Å². The van der Waals surface area contributed by atoms with Gasteiger partial charge in [-0.15, -0.1) is 0 Å². The smallest absolute Gasteiger partial charge is 0.194 e. The fraction of sp³-hybridized carbons (Fsp3) is 0.154. The van der Waals surface area contributed by atoms with Gasteiger partial charge in [0.1, 0.15) is 0 Å². The zero-order valence-electron chi connectivity index (χ0n) is 32.4. The summed E-state index contributed by atoms with van der Waals surface area (Å²) >= 11 is 0. The number of carbonyl (C=O) groups is 1. The van der Waals surface area contributed by atoms with Crippen LogP contribution in [0.25, 0.3) is 44.5 Å². The summed E-state index contributed by atoms with van der Waals surface area (Å²) in [4.78, 5) is 32.3. The summed E-state index contributed by atoms with van der Waals surface area (Å²) in [5.74, 6) is -0.0722. The second kappa shape index (κ2) is 13.8. The van der Waals surface area contributed by atoms with Crippen LogP contribution >= 0.6 is 0 Å². The van der Waals surface area contributed by atoms with Gasteiger partial charge in [0.15, 0.2) is 11.2 Å². The Hall–Kier alpha value is -6.32. The topological polar surface area (TPSA) is 37.4 Å². The molecule has 0 aromatic heterocycles. The largest absolute Gasteiger partial charge is 0.311 e. The lowest BCUT2D eigenvalue weighted by molar-refractivity contribution is 0.104. The van der Waals surface area contributed by atoms with Crippen molar-refractivity contribution in [1.29, 1.82) is 0 Å². The predicted molar refractivity (Wildman–Crippen MR) is 230 cm³/mol. The first-order valence-corrected chi connectivity index (χ1v) is 19.0. The monoisotopic (exact) mass is 715 g/mol. The Morgan fingerprint density at radius 3 is 1.29 bits per heavy atom. The minimum Gasteiger partial charge on any atom is -0.311 e. The molecule has 0 N–H and O–H groups in total. The summed E-state index contributed by atoms with van der Waals surface area (Å²) in [5, 5.41) is 0. The van der Waals surface area contributed by atoms with E-state index in [0.717, 1.165) is 44.9 Å². The number of anilines is 3. The second-order valence-electron chi connectivity index (χ2n) is 16.5. The van der Waals surface area contributed by atoms with Crippen LogP contribution in [0.5, 0.6) is 0 Å². The molecule has 0 fully saturated rings. The Morgan fingerprint density at radius 1 is 0.364 bits per heavy atom. The number of carbonyl (C=O) groups excluding carboxylic acids is 1. The van der Waals surface area contributed by atoms with Gasteiger partial charge in [-0.2, -0.15) is 0 Å². The van der Waals surface area contributed by atoms with Crippen molar-refractivity contribution >= 4 is 22.8 Å². The minimum absolute atomic E-state index is 0.0439. The molecular weight excluding hydrogens is 671 g/mol. The molecule has 0 heterocycles. The van der Waals surface area contributed by atoms with Gasteiger partial charge in [-0.1, -0.05) is 163 Å². The molecule has 7 aromatic rings.